The maximum absolute atomic E-state index is 13.8. The second kappa shape index (κ2) is 9.89. The quantitative estimate of drug-likeness (QED) is 0.426. The van der Waals surface area contributed by atoms with Crippen LogP contribution < -0.4 is 0 Å². The van der Waals surface area contributed by atoms with Crippen molar-refractivity contribution in [3.8, 4) is 0 Å². The van der Waals surface area contributed by atoms with E-state index in [4.69, 9.17) is 9.40 Å². The summed E-state index contributed by atoms with van der Waals surface area (Å²) in [6, 6.07) is 3.48. The molecular weight excluding hydrogens is 561 g/mol. The molecule has 0 spiro atoms. The Labute approximate surface area is 241 Å². The molecule has 2 amide bonds. The Morgan fingerprint density at radius 3 is 2.21 bits per heavy atom. The van der Waals surface area contributed by atoms with Gasteiger partial charge in [0.05, 0.1) is 5.54 Å². The van der Waals surface area contributed by atoms with E-state index in [1.165, 1.54) is 4.90 Å². The predicted molar refractivity (Wildman–Crippen MR) is 144 cm³/mol. The molecular formula is C30H38F5N3O4. The van der Waals surface area contributed by atoms with Gasteiger partial charge < -0.3 is 19.3 Å². The standard InChI is InChI=1S/C30H38F5N3O4/c1-26(2,3)19-12-20(17-6-8-29(31,32)9-7-17)36-21-13-22(42-23(19)21)25(40)38-11-10-37(16-27(38,4)5)24(39)18-14-28(41,15-18)30(33,34)35/h12-13,17-18,41H,6-11,14-16H2,1-5H3. The van der Waals surface area contributed by atoms with Gasteiger partial charge in [-0.2, -0.15) is 13.2 Å². The lowest BCUT2D eigenvalue weighted by molar-refractivity contribution is -0.297. The number of pyridine rings is 1. The molecule has 3 heterocycles. The molecule has 3 fully saturated rings. The zero-order valence-electron chi connectivity index (χ0n) is 24.6. The number of piperazine rings is 1. The summed E-state index contributed by atoms with van der Waals surface area (Å²) in [5, 5.41) is 9.76. The molecule has 0 unspecified atom stereocenters. The zero-order valence-corrected chi connectivity index (χ0v) is 24.6. The first-order chi connectivity index (χ1) is 19.2. The molecule has 1 aliphatic heterocycles. The van der Waals surface area contributed by atoms with Crippen molar-refractivity contribution in [2.24, 2.45) is 5.92 Å². The van der Waals surface area contributed by atoms with Gasteiger partial charge in [0.1, 0.15) is 5.52 Å². The Morgan fingerprint density at radius 1 is 1.05 bits per heavy atom. The van der Waals surface area contributed by atoms with E-state index in [-0.39, 0.29) is 49.6 Å². The zero-order chi connectivity index (χ0) is 31.0. The molecule has 2 saturated carbocycles. The van der Waals surface area contributed by atoms with Gasteiger partial charge in [0, 0.05) is 61.6 Å². The average molecular weight is 600 g/mol. The van der Waals surface area contributed by atoms with Crippen molar-refractivity contribution in [1.82, 2.24) is 14.8 Å². The van der Waals surface area contributed by atoms with E-state index in [1.54, 1.807) is 24.8 Å². The number of fused-ring (bicyclic) bond motifs is 1. The Bertz CT molecular complexity index is 1380. The highest BCUT2D eigenvalue weighted by atomic mass is 19.4. The molecule has 232 valence electrons. The number of hydrogen-bond donors (Lipinski definition) is 1. The number of furan rings is 1. The number of carbonyl (C=O) groups is 2. The molecule has 2 aromatic rings. The number of halogens is 5. The Balaban J connectivity index is 1.35. The van der Waals surface area contributed by atoms with E-state index in [0.717, 1.165) is 5.56 Å². The monoisotopic (exact) mass is 599 g/mol. The summed E-state index contributed by atoms with van der Waals surface area (Å²) in [6.07, 6.45) is -5.84. The average Bonchev–Trinajstić information content (AvgIpc) is 3.27. The van der Waals surface area contributed by atoms with Crippen molar-refractivity contribution in [2.75, 3.05) is 19.6 Å². The molecule has 2 aromatic heterocycles. The number of alkyl halides is 5. The summed E-state index contributed by atoms with van der Waals surface area (Å²) >= 11 is 0. The highest BCUT2D eigenvalue weighted by molar-refractivity contribution is 5.96. The normalized spacial score (nSPS) is 26.8. The molecule has 0 radical (unpaired) electrons. The topological polar surface area (TPSA) is 86.9 Å². The number of aliphatic hydroxyl groups is 1. The summed E-state index contributed by atoms with van der Waals surface area (Å²) in [5.74, 6) is -4.49. The largest absolute Gasteiger partial charge is 0.449 e. The molecule has 12 heteroatoms. The van der Waals surface area contributed by atoms with Crippen molar-refractivity contribution in [3.63, 3.8) is 0 Å². The second-order valence-electron chi connectivity index (χ2n) is 14.0. The Morgan fingerprint density at radius 2 is 1.67 bits per heavy atom. The molecule has 5 rings (SSSR count). The van der Waals surface area contributed by atoms with Crippen LogP contribution in [0.25, 0.3) is 11.1 Å². The van der Waals surface area contributed by atoms with E-state index in [9.17, 15) is 36.6 Å². The van der Waals surface area contributed by atoms with Crippen LogP contribution in [0.1, 0.15) is 101 Å². The van der Waals surface area contributed by atoms with Crippen molar-refractivity contribution < 1.29 is 41.1 Å². The van der Waals surface area contributed by atoms with Gasteiger partial charge in [-0.1, -0.05) is 20.8 Å². The lowest BCUT2D eigenvalue weighted by Crippen LogP contribution is -2.65. The molecule has 42 heavy (non-hydrogen) atoms. The minimum atomic E-state index is -4.78. The van der Waals surface area contributed by atoms with E-state index >= 15 is 0 Å². The minimum Gasteiger partial charge on any atom is -0.449 e. The van der Waals surface area contributed by atoms with Crippen molar-refractivity contribution >= 4 is 22.9 Å². The van der Waals surface area contributed by atoms with Gasteiger partial charge in [0.2, 0.25) is 11.8 Å². The van der Waals surface area contributed by atoms with Crippen LogP contribution in [0, 0.1) is 5.92 Å². The summed E-state index contributed by atoms with van der Waals surface area (Å²) < 4.78 is 72.8. The van der Waals surface area contributed by atoms with Crippen LogP contribution in [0.4, 0.5) is 22.0 Å². The maximum atomic E-state index is 13.8. The van der Waals surface area contributed by atoms with Crippen LogP contribution in [0.5, 0.6) is 0 Å². The number of carbonyl (C=O) groups excluding carboxylic acids is 2. The molecule has 3 aliphatic rings. The van der Waals surface area contributed by atoms with Gasteiger partial charge in [-0.3, -0.25) is 9.59 Å². The minimum absolute atomic E-state index is 0.0670. The van der Waals surface area contributed by atoms with E-state index in [0.29, 0.717) is 29.6 Å². The molecule has 7 nitrogen and oxygen atoms in total. The summed E-state index contributed by atoms with van der Waals surface area (Å²) in [5.41, 5.74) is -1.58. The fourth-order valence-corrected chi connectivity index (χ4v) is 6.52. The van der Waals surface area contributed by atoms with E-state index < -0.39 is 53.8 Å². The van der Waals surface area contributed by atoms with E-state index in [2.05, 4.69) is 0 Å². The van der Waals surface area contributed by atoms with E-state index in [1.807, 2.05) is 26.8 Å². The third-order valence-electron chi connectivity index (χ3n) is 9.16. The van der Waals surface area contributed by atoms with Gasteiger partial charge in [0.15, 0.2) is 16.9 Å². The van der Waals surface area contributed by atoms with Crippen molar-refractivity contribution in [1.29, 1.82) is 0 Å². The Kier molecular flexibility index (Phi) is 7.22. The lowest BCUT2D eigenvalue weighted by Gasteiger charge is -2.50. The fraction of sp³-hybridized carbons (Fsp3) is 0.700. The number of amides is 2. The number of hydrogen-bond acceptors (Lipinski definition) is 5. The number of rotatable bonds is 3. The van der Waals surface area contributed by atoms with Gasteiger partial charge in [0.25, 0.3) is 5.91 Å². The molecule has 1 N–H and O–H groups in total. The predicted octanol–water partition coefficient (Wildman–Crippen LogP) is 6.18. The first-order valence-corrected chi connectivity index (χ1v) is 14.4. The van der Waals surface area contributed by atoms with Crippen molar-refractivity contribution in [3.05, 3.63) is 29.2 Å². The van der Waals surface area contributed by atoms with Crippen LogP contribution in [0.2, 0.25) is 0 Å². The van der Waals surface area contributed by atoms with Crippen LogP contribution in [-0.4, -0.2) is 74.6 Å². The third-order valence-corrected chi connectivity index (χ3v) is 9.16. The van der Waals surface area contributed by atoms with Gasteiger partial charge in [-0.15, -0.1) is 0 Å². The van der Waals surface area contributed by atoms with Gasteiger partial charge in [-0.05, 0) is 51.0 Å². The highest BCUT2D eigenvalue weighted by Gasteiger charge is 2.63. The van der Waals surface area contributed by atoms with Crippen LogP contribution in [0.3, 0.4) is 0 Å². The molecule has 0 bridgehead atoms. The van der Waals surface area contributed by atoms with Crippen LogP contribution in [-0.2, 0) is 10.2 Å². The summed E-state index contributed by atoms with van der Waals surface area (Å²) in [4.78, 5) is 34.5. The highest BCUT2D eigenvalue weighted by Crippen LogP contribution is 2.49. The third kappa shape index (κ3) is 5.51. The maximum Gasteiger partial charge on any atom is 0.417 e. The lowest BCUT2D eigenvalue weighted by atomic mass is 9.69. The molecule has 1 saturated heterocycles. The first kappa shape index (κ1) is 30.7. The summed E-state index contributed by atoms with van der Waals surface area (Å²) in [6.45, 7) is 9.94. The van der Waals surface area contributed by atoms with Crippen molar-refractivity contribution in [2.45, 2.75) is 108 Å². The number of aromatic nitrogens is 1. The Hall–Kier alpha value is -2.76. The summed E-state index contributed by atoms with van der Waals surface area (Å²) in [7, 11) is 0. The van der Waals surface area contributed by atoms with Crippen LogP contribution in [0.15, 0.2) is 16.5 Å². The second-order valence-corrected chi connectivity index (χ2v) is 14.0. The fourth-order valence-electron chi connectivity index (χ4n) is 6.52. The van der Waals surface area contributed by atoms with Gasteiger partial charge >= 0.3 is 6.18 Å². The first-order valence-electron chi connectivity index (χ1n) is 14.4. The molecule has 0 atom stereocenters. The molecule has 0 aromatic carbocycles. The van der Waals surface area contributed by atoms with Crippen LogP contribution >= 0.6 is 0 Å². The van der Waals surface area contributed by atoms with Gasteiger partial charge in [-0.25, -0.2) is 13.8 Å². The SMILES string of the molecule is CC(C)(C)c1cc(C2CCC(F)(F)CC2)nc2cc(C(=O)N3CCN(C(=O)C4CC(O)(C(F)(F)F)C4)CC3(C)C)oc12. The smallest absolute Gasteiger partial charge is 0.417 e. The number of nitrogens with zero attached hydrogens (tertiary/aromatic N) is 3. The molecule has 2 aliphatic carbocycles.